The molecule has 0 unspecified atom stereocenters. The predicted molar refractivity (Wildman–Crippen MR) is 122 cm³/mol. The third-order valence-electron chi connectivity index (χ3n) is 4.96. The average molecular weight is 431 g/mol. The molecule has 0 spiro atoms. The molecule has 2 aromatic carbocycles. The second kappa shape index (κ2) is 9.14. The first kappa shape index (κ1) is 20.8. The zero-order chi connectivity index (χ0) is 21.8. The summed E-state index contributed by atoms with van der Waals surface area (Å²) in [5.41, 5.74) is 4.38. The van der Waals surface area contributed by atoms with Crippen LogP contribution in [0.15, 0.2) is 72.1 Å². The van der Waals surface area contributed by atoms with Crippen LogP contribution in [-0.4, -0.2) is 38.4 Å². The number of methoxy groups -OCH3 is 1. The second-order valence-electron chi connectivity index (χ2n) is 7.06. The molecular formula is C24H22N4O2S. The number of hydrogen-bond acceptors (Lipinski definition) is 6. The Bertz CT molecular complexity index is 1210. The van der Waals surface area contributed by atoms with Gasteiger partial charge in [-0.3, -0.25) is 14.3 Å². The van der Waals surface area contributed by atoms with E-state index < -0.39 is 0 Å². The lowest BCUT2D eigenvalue weighted by Gasteiger charge is -2.12. The number of hydrogen-bond donors (Lipinski definition) is 0. The van der Waals surface area contributed by atoms with Gasteiger partial charge in [0, 0.05) is 29.2 Å². The first-order chi connectivity index (χ1) is 15.1. The number of thioether (sulfide) groups is 1. The molecular weight excluding hydrogens is 408 g/mol. The number of Topliss-reactive ketones (excluding diaryl/α,β-unsaturated/α-hetero) is 1. The number of nitrogens with zero attached hydrogens (tertiary/aromatic N) is 4. The van der Waals surface area contributed by atoms with E-state index in [0.29, 0.717) is 16.5 Å². The van der Waals surface area contributed by atoms with Crippen molar-refractivity contribution in [3.05, 3.63) is 83.7 Å². The van der Waals surface area contributed by atoms with Crippen LogP contribution in [0.25, 0.3) is 17.1 Å². The lowest BCUT2D eigenvalue weighted by Crippen LogP contribution is -2.07. The van der Waals surface area contributed by atoms with E-state index >= 15 is 0 Å². The molecule has 0 saturated heterocycles. The van der Waals surface area contributed by atoms with E-state index in [2.05, 4.69) is 15.2 Å². The summed E-state index contributed by atoms with van der Waals surface area (Å²) in [6.45, 7) is 3.86. The Morgan fingerprint density at radius 2 is 1.74 bits per heavy atom. The minimum atomic E-state index is 0.0429. The van der Waals surface area contributed by atoms with Gasteiger partial charge in [0.05, 0.1) is 12.9 Å². The molecule has 4 rings (SSSR count). The fourth-order valence-corrected chi connectivity index (χ4v) is 4.21. The normalized spacial score (nSPS) is 10.8. The molecule has 7 heteroatoms. The summed E-state index contributed by atoms with van der Waals surface area (Å²) < 4.78 is 7.33. The standard InChI is InChI=1S/C24H22N4O2S/c1-16-14-22(30-3)17(2)13-20(16)21(29)15-31-24-27-26-23(18-9-11-25-12-10-18)28(24)19-7-5-4-6-8-19/h4-14H,15H2,1-3H3. The lowest BCUT2D eigenvalue weighted by molar-refractivity contribution is 0.102. The molecule has 31 heavy (non-hydrogen) atoms. The number of ether oxygens (including phenoxy) is 1. The van der Waals surface area contributed by atoms with Gasteiger partial charge in [-0.05, 0) is 61.4 Å². The number of carbonyl (C=O) groups excluding carboxylic acids is 1. The molecule has 0 bridgehead atoms. The first-order valence-electron chi connectivity index (χ1n) is 9.81. The van der Waals surface area contributed by atoms with Gasteiger partial charge >= 0.3 is 0 Å². The van der Waals surface area contributed by atoms with E-state index in [0.717, 1.165) is 28.1 Å². The SMILES string of the molecule is COc1cc(C)c(C(=O)CSc2nnc(-c3ccncc3)n2-c2ccccc2)cc1C. The molecule has 2 heterocycles. The number of benzene rings is 2. The van der Waals surface area contributed by atoms with Crippen molar-refractivity contribution in [1.82, 2.24) is 19.7 Å². The van der Waals surface area contributed by atoms with Crippen LogP contribution in [0.2, 0.25) is 0 Å². The maximum Gasteiger partial charge on any atom is 0.196 e. The molecule has 0 N–H and O–H groups in total. The summed E-state index contributed by atoms with van der Waals surface area (Å²) in [4.78, 5) is 17.1. The average Bonchev–Trinajstić information content (AvgIpc) is 3.24. The quantitative estimate of drug-likeness (QED) is 0.306. The third-order valence-corrected chi connectivity index (χ3v) is 5.89. The van der Waals surface area contributed by atoms with Crippen LogP contribution < -0.4 is 4.74 Å². The Balaban J connectivity index is 1.64. The molecule has 0 radical (unpaired) electrons. The minimum absolute atomic E-state index is 0.0429. The van der Waals surface area contributed by atoms with Crippen molar-refractivity contribution in [2.24, 2.45) is 0 Å². The summed E-state index contributed by atoms with van der Waals surface area (Å²) in [5.74, 6) is 1.79. The Labute approximate surface area is 185 Å². The molecule has 0 aliphatic heterocycles. The van der Waals surface area contributed by atoms with Gasteiger partial charge in [0.25, 0.3) is 0 Å². The molecule has 0 aliphatic rings. The van der Waals surface area contributed by atoms with Crippen molar-refractivity contribution in [3.63, 3.8) is 0 Å². The monoisotopic (exact) mass is 430 g/mol. The molecule has 0 saturated carbocycles. The van der Waals surface area contributed by atoms with Gasteiger partial charge in [0.2, 0.25) is 0 Å². The molecule has 4 aromatic rings. The molecule has 2 aromatic heterocycles. The van der Waals surface area contributed by atoms with Crippen LogP contribution in [0, 0.1) is 13.8 Å². The summed E-state index contributed by atoms with van der Waals surface area (Å²) in [6, 6.07) is 17.5. The topological polar surface area (TPSA) is 69.9 Å². The number of aromatic nitrogens is 4. The highest BCUT2D eigenvalue weighted by atomic mass is 32.2. The van der Waals surface area contributed by atoms with Crippen LogP contribution >= 0.6 is 11.8 Å². The van der Waals surface area contributed by atoms with Gasteiger partial charge in [-0.2, -0.15) is 0 Å². The summed E-state index contributed by atoms with van der Waals surface area (Å²) in [5, 5.41) is 9.45. The molecule has 156 valence electrons. The number of rotatable bonds is 7. The molecule has 0 aliphatic carbocycles. The Hall–Kier alpha value is -3.45. The van der Waals surface area contributed by atoms with E-state index in [1.165, 1.54) is 11.8 Å². The molecule has 6 nitrogen and oxygen atoms in total. The van der Waals surface area contributed by atoms with Gasteiger partial charge in [0.1, 0.15) is 5.75 Å². The van der Waals surface area contributed by atoms with Gasteiger partial charge in [-0.25, -0.2) is 0 Å². The number of carbonyl (C=O) groups is 1. The van der Waals surface area contributed by atoms with Crippen LogP contribution in [0.1, 0.15) is 21.5 Å². The van der Waals surface area contributed by atoms with E-state index in [-0.39, 0.29) is 11.5 Å². The highest BCUT2D eigenvalue weighted by Crippen LogP contribution is 2.29. The molecule has 0 atom stereocenters. The summed E-state index contributed by atoms with van der Waals surface area (Å²) in [7, 11) is 1.63. The van der Waals surface area contributed by atoms with Crippen molar-refractivity contribution in [3.8, 4) is 22.8 Å². The number of para-hydroxylation sites is 1. The third kappa shape index (κ3) is 4.36. The zero-order valence-corrected chi connectivity index (χ0v) is 18.4. The summed E-state index contributed by atoms with van der Waals surface area (Å²) in [6.07, 6.45) is 3.45. The molecule has 0 fully saturated rings. The van der Waals surface area contributed by atoms with Crippen LogP contribution in [0.4, 0.5) is 0 Å². The predicted octanol–water partition coefficient (Wildman–Crippen LogP) is 4.93. The van der Waals surface area contributed by atoms with Crippen LogP contribution in [-0.2, 0) is 0 Å². The van der Waals surface area contributed by atoms with Crippen molar-refractivity contribution in [2.75, 3.05) is 12.9 Å². The Morgan fingerprint density at radius 3 is 2.45 bits per heavy atom. The number of aryl methyl sites for hydroxylation is 2. The van der Waals surface area contributed by atoms with E-state index in [4.69, 9.17) is 4.74 Å². The van der Waals surface area contributed by atoms with Gasteiger partial charge < -0.3 is 4.74 Å². The fourth-order valence-electron chi connectivity index (χ4n) is 3.38. The first-order valence-corrected chi connectivity index (χ1v) is 10.8. The number of ketones is 1. The van der Waals surface area contributed by atoms with Gasteiger partial charge in [-0.1, -0.05) is 30.0 Å². The van der Waals surface area contributed by atoms with Crippen LogP contribution in [0.5, 0.6) is 5.75 Å². The van der Waals surface area contributed by atoms with E-state index in [1.54, 1.807) is 19.5 Å². The smallest absolute Gasteiger partial charge is 0.196 e. The maximum absolute atomic E-state index is 13.0. The highest BCUT2D eigenvalue weighted by molar-refractivity contribution is 7.99. The Kier molecular flexibility index (Phi) is 6.13. The largest absolute Gasteiger partial charge is 0.496 e. The van der Waals surface area contributed by atoms with Crippen molar-refractivity contribution in [2.45, 2.75) is 19.0 Å². The van der Waals surface area contributed by atoms with Crippen molar-refractivity contribution >= 4 is 17.5 Å². The summed E-state index contributed by atoms with van der Waals surface area (Å²) >= 11 is 1.38. The lowest BCUT2D eigenvalue weighted by atomic mass is 10.0. The zero-order valence-electron chi connectivity index (χ0n) is 17.6. The van der Waals surface area contributed by atoms with E-state index in [9.17, 15) is 4.79 Å². The second-order valence-corrected chi connectivity index (χ2v) is 8.00. The minimum Gasteiger partial charge on any atom is -0.496 e. The Morgan fingerprint density at radius 1 is 1.00 bits per heavy atom. The maximum atomic E-state index is 13.0. The van der Waals surface area contributed by atoms with Crippen LogP contribution in [0.3, 0.4) is 0 Å². The number of pyridine rings is 1. The highest BCUT2D eigenvalue weighted by Gasteiger charge is 2.19. The van der Waals surface area contributed by atoms with E-state index in [1.807, 2.05) is 73.0 Å². The van der Waals surface area contributed by atoms with Crippen molar-refractivity contribution in [1.29, 1.82) is 0 Å². The fraction of sp³-hybridized carbons (Fsp3) is 0.167. The molecule has 0 amide bonds. The van der Waals surface area contributed by atoms with Gasteiger partial charge in [-0.15, -0.1) is 10.2 Å². The van der Waals surface area contributed by atoms with Gasteiger partial charge in [0.15, 0.2) is 16.8 Å². The van der Waals surface area contributed by atoms with Crippen molar-refractivity contribution < 1.29 is 9.53 Å².